The van der Waals surface area contributed by atoms with Gasteiger partial charge in [0.1, 0.15) is 29.5 Å². The molecular weight excluding hydrogens is 342 g/mol. The molecule has 0 aliphatic carbocycles. The van der Waals surface area contributed by atoms with Crippen LogP contribution in [0.2, 0.25) is 0 Å². The van der Waals surface area contributed by atoms with Crippen LogP contribution in [-0.2, 0) is 10.0 Å². The van der Waals surface area contributed by atoms with Crippen LogP contribution in [0.1, 0.15) is 5.82 Å². The molecule has 1 aromatic heterocycles. The number of para-hydroxylation sites is 1. The SMILES string of the molecule is Cc1ncnn1N1CC=CN=C1S(=O)(=O)Nc1c(F)cccc1F. The van der Waals surface area contributed by atoms with E-state index >= 15 is 0 Å². The Morgan fingerprint density at radius 3 is 2.58 bits per heavy atom. The zero-order valence-electron chi connectivity index (χ0n) is 12.4. The Bertz CT molecular complexity index is 917. The minimum absolute atomic E-state index is 0.143. The molecule has 11 heteroatoms. The number of sulfonamides is 1. The van der Waals surface area contributed by atoms with E-state index in [0.717, 1.165) is 18.2 Å². The molecule has 0 amide bonds. The van der Waals surface area contributed by atoms with E-state index in [1.165, 1.54) is 22.3 Å². The maximum Gasteiger partial charge on any atom is 0.297 e. The van der Waals surface area contributed by atoms with E-state index in [1.54, 1.807) is 13.0 Å². The fourth-order valence-electron chi connectivity index (χ4n) is 2.08. The molecule has 0 unspecified atom stereocenters. The van der Waals surface area contributed by atoms with E-state index in [4.69, 9.17) is 0 Å². The number of aromatic nitrogens is 3. The molecule has 2 aromatic rings. The number of anilines is 1. The third-order valence-electron chi connectivity index (χ3n) is 3.15. The lowest BCUT2D eigenvalue weighted by molar-refractivity contribution is 0.584. The Hall–Kier alpha value is -2.82. The van der Waals surface area contributed by atoms with Gasteiger partial charge in [-0.05, 0) is 25.1 Å². The molecule has 0 atom stereocenters. The van der Waals surface area contributed by atoms with Crippen molar-refractivity contribution >= 4 is 20.9 Å². The maximum atomic E-state index is 13.7. The highest BCUT2D eigenvalue weighted by molar-refractivity contribution is 8.07. The Morgan fingerprint density at radius 1 is 1.25 bits per heavy atom. The first-order chi connectivity index (χ1) is 11.4. The van der Waals surface area contributed by atoms with Crippen LogP contribution in [0.4, 0.5) is 14.5 Å². The van der Waals surface area contributed by atoms with E-state index in [9.17, 15) is 17.2 Å². The summed E-state index contributed by atoms with van der Waals surface area (Å²) < 4.78 is 54.5. The number of aliphatic imine (C=N–C) groups is 1. The van der Waals surface area contributed by atoms with E-state index in [1.807, 2.05) is 4.72 Å². The summed E-state index contributed by atoms with van der Waals surface area (Å²) in [7, 11) is -4.37. The predicted octanol–water partition coefficient (Wildman–Crippen LogP) is 1.13. The number of amidine groups is 1. The van der Waals surface area contributed by atoms with Crippen molar-refractivity contribution in [1.82, 2.24) is 14.9 Å². The molecule has 1 N–H and O–H groups in total. The maximum absolute atomic E-state index is 13.7. The number of nitrogens with one attached hydrogen (secondary N) is 1. The largest absolute Gasteiger partial charge is 0.297 e. The van der Waals surface area contributed by atoms with Crippen LogP contribution in [0.15, 0.2) is 41.8 Å². The van der Waals surface area contributed by atoms with E-state index in [0.29, 0.717) is 5.82 Å². The number of aryl methyl sites for hydroxylation is 1. The summed E-state index contributed by atoms with van der Waals surface area (Å²) in [6.45, 7) is 1.77. The fourth-order valence-corrected chi connectivity index (χ4v) is 3.26. The molecule has 0 saturated carbocycles. The molecule has 1 aromatic carbocycles. The molecule has 24 heavy (non-hydrogen) atoms. The first kappa shape index (κ1) is 16.1. The van der Waals surface area contributed by atoms with Gasteiger partial charge in [-0.25, -0.2) is 23.8 Å². The third kappa shape index (κ3) is 2.85. The quantitative estimate of drug-likeness (QED) is 0.892. The molecule has 0 spiro atoms. The van der Waals surface area contributed by atoms with Crippen molar-refractivity contribution in [2.75, 3.05) is 16.3 Å². The van der Waals surface area contributed by atoms with Gasteiger partial charge in [0.2, 0.25) is 0 Å². The summed E-state index contributed by atoms with van der Waals surface area (Å²) in [5.74, 6) is -1.65. The standard InChI is InChI=1S/C13H12F2N6O2S/c1-9-17-8-18-21(9)20-7-3-6-16-13(20)24(22,23)19-12-10(14)4-2-5-11(12)15/h2-6,8,19H,7H2,1H3. The summed E-state index contributed by atoms with van der Waals surface area (Å²) in [6.07, 6.45) is 4.14. The molecule has 126 valence electrons. The Morgan fingerprint density at radius 2 is 1.96 bits per heavy atom. The number of hydrogen-bond donors (Lipinski definition) is 1. The smallest absolute Gasteiger partial charge is 0.271 e. The van der Waals surface area contributed by atoms with Gasteiger partial charge in [0, 0.05) is 6.20 Å². The van der Waals surface area contributed by atoms with Crippen molar-refractivity contribution in [2.45, 2.75) is 6.92 Å². The monoisotopic (exact) mass is 354 g/mol. The predicted molar refractivity (Wildman–Crippen MR) is 83.3 cm³/mol. The van der Waals surface area contributed by atoms with Crippen LogP contribution >= 0.6 is 0 Å². The summed E-state index contributed by atoms with van der Waals surface area (Å²) in [5.41, 5.74) is -0.773. The molecular formula is C13H12F2N6O2S. The second-order valence-corrected chi connectivity index (χ2v) is 6.35. The summed E-state index contributed by atoms with van der Waals surface area (Å²) in [5, 5.41) is 4.68. The van der Waals surface area contributed by atoms with Crippen LogP contribution in [0.5, 0.6) is 0 Å². The number of benzene rings is 1. The lowest BCUT2D eigenvalue weighted by Crippen LogP contribution is -2.48. The highest BCUT2D eigenvalue weighted by Gasteiger charge is 2.31. The van der Waals surface area contributed by atoms with Gasteiger partial charge in [-0.2, -0.15) is 13.2 Å². The number of nitrogens with zero attached hydrogens (tertiary/aromatic N) is 5. The van der Waals surface area contributed by atoms with Crippen LogP contribution < -0.4 is 9.73 Å². The number of rotatable bonds is 3. The first-order valence-electron chi connectivity index (χ1n) is 6.74. The van der Waals surface area contributed by atoms with Gasteiger partial charge in [-0.1, -0.05) is 6.07 Å². The summed E-state index contributed by atoms with van der Waals surface area (Å²) in [4.78, 5) is 8.96. The van der Waals surface area contributed by atoms with Gasteiger partial charge in [0.05, 0.1) is 6.54 Å². The number of hydrogen-bond acceptors (Lipinski definition) is 6. The Kier molecular flexibility index (Phi) is 4.01. The van der Waals surface area contributed by atoms with E-state index in [-0.39, 0.29) is 6.54 Å². The second kappa shape index (κ2) is 6.00. The molecule has 2 heterocycles. The Balaban J connectivity index is 2.00. The normalized spacial score (nSPS) is 14.6. The molecule has 0 fully saturated rings. The summed E-state index contributed by atoms with van der Waals surface area (Å²) in [6, 6.07) is 3.03. The molecule has 0 bridgehead atoms. The minimum atomic E-state index is -4.37. The Labute approximate surface area is 136 Å². The van der Waals surface area contributed by atoms with E-state index in [2.05, 4.69) is 15.1 Å². The molecule has 0 saturated heterocycles. The second-order valence-electron chi connectivity index (χ2n) is 4.78. The number of halogens is 2. The third-order valence-corrected chi connectivity index (χ3v) is 4.42. The van der Waals surface area contributed by atoms with Crippen molar-refractivity contribution in [3.8, 4) is 0 Å². The topological polar surface area (TPSA) is 92.5 Å². The van der Waals surface area contributed by atoms with Crippen LogP contribution in [0, 0.1) is 18.6 Å². The first-order valence-corrected chi connectivity index (χ1v) is 8.22. The van der Waals surface area contributed by atoms with Gasteiger partial charge in [0.25, 0.3) is 15.2 Å². The van der Waals surface area contributed by atoms with E-state index < -0.39 is 32.5 Å². The highest BCUT2D eigenvalue weighted by atomic mass is 32.2. The van der Waals surface area contributed by atoms with Gasteiger partial charge < -0.3 is 0 Å². The highest BCUT2D eigenvalue weighted by Crippen LogP contribution is 2.20. The van der Waals surface area contributed by atoms with Gasteiger partial charge >= 0.3 is 0 Å². The summed E-state index contributed by atoms with van der Waals surface area (Å²) >= 11 is 0. The van der Waals surface area contributed by atoms with Crippen LogP contribution in [-0.4, -0.2) is 35.0 Å². The molecule has 8 nitrogen and oxygen atoms in total. The molecule has 1 aliphatic heterocycles. The average molecular weight is 354 g/mol. The molecule has 0 radical (unpaired) electrons. The van der Waals surface area contributed by atoms with Crippen molar-refractivity contribution in [1.29, 1.82) is 0 Å². The van der Waals surface area contributed by atoms with Crippen molar-refractivity contribution < 1.29 is 17.2 Å². The zero-order valence-corrected chi connectivity index (χ0v) is 13.2. The lowest BCUT2D eigenvalue weighted by Gasteiger charge is -2.26. The van der Waals surface area contributed by atoms with Crippen molar-refractivity contribution in [3.63, 3.8) is 0 Å². The van der Waals surface area contributed by atoms with Crippen molar-refractivity contribution in [2.24, 2.45) is 4.99 Å². The molecule has 3 rings (SSSR count). The minimum Gasteiger partial charge on any atom is -0.271 e. The van der Waals surface area contributed by atoms with Gasteiger partial charge in [-0.3, -0.25) is 4.72 Å². The molecule has 1 aliphatic rings. The van der Waals surface area contributed by atoms with Gasteiger partial charge in [-0.15, -0.1) is 5.10 Å². The van der Waals surface area contributed by atoms with Crippen LogP contribution in [0.3, 0.4) is 0 Å². The average Bonchev–Trinajstić information content (AvgIpc) is 2.97. The lowest BCUT2D eigenvalue weighted by atomic mass is 10.3. The van der Waals surface area contributed by atoms with Gasteiger partial charge in [0.15, 0.2) is 0 Å². The van der Waals surface area contributed by atoms with Crippen molar-refractivity contribution in [3.05, 3.63) is 54.3 Å². The van der Waals surface area contributed by atoms with Crippen LogP contribution in [0.25, 0.3) is 0 Å². The fraction of sp³-hybridized carbons (Fsp3) is 0.154. The zero-order chi connectivity index (χ0) is 17.3.